The third-order valence-electron chi connectivity index (χ3n) is 6.08. The van der Waals surface area contributed by atoms with Crippen LogP contribution in [0.1, 0.15) is 57.8 Å². The van der Waals surface area contributed by atoms with Crippen molar-refractivity contribution in [2.24, 2.45) is 0 Å². The molecule has 2 aliphatic heterocycles. The van der Waals surface area contributed by atoms with Crippen molar-refractivity contribution >= 4 is 10.0 Å². The van der Waals surface area contributed by atoms with Crippen molar-refractivity contribution in [3.05, 3.63) is 0 Å². The lowest BCUT2D eigenvalue weighted by Gasteiger charge is -2.42. The van der Waals surface area contributed by atoms with E-state index in [0.717, 1.165) is 64.5 Å². The van der Waals surface area contributed by atoms with Gasteiger partial charge in [0.05, 0.1) is 11.4 Å². The average Bonchev–Trinajstić information content (AvgIpc) is 2.63. The molecule has 2 heterocycles. The van der Waals surface area contributed by atoms with E-state index in [1.54, 1.807) is 11.4 Å². The number of rotatable bonds is 4. The maximum atomic E-state index is 12.8. The average molecular weight is 345 g/mol. The van der Waals surface area contributed by atoms with E-state index in [2.05, 4.69) is 4.90 Å². The molecule has 0 radical (unpaired) electrons. The van der Waals surface area contributed by atoms with Crippen LogP contribution in [0.15, 0.2) is 0 Å². The van der Waals surface area contributed by atoms with Gasteiger partial charge in [-0.1, -0.05) is 19.3 Å². The molecule has 2 saturated heterocycles. The minimum Gasteiger partial charge on any atom is -0.381 e. The molecule has 3 fully saturated rings. The molecule has 0 aromatic carbocycles. The van der Waals surface area contributed by atoms with Crippen LogP contribution in [-0.2, 0) is 14.8 Å². The molecule has 0 spiro atoms. The summed E-state index contributed by atoms with van der Waals surface area (Å²) in [5.41, 5.74) is 0. The summed E-state index contributed by atoms with van der Waals surface area (Å²) >= 11 is 0. The van der Waals surface area contributed by atoms with Crippen LogP contribution in [0.3, 0.4) is 0 Å². The van der Waals surface area contributed by atoms with Gasteiger partial charge in [-0.15, -0.1) is 0 Å². The summed E-state index contributed by atoms with van der Waals surface area (Å²) < 4.78 is 32.8. The first-order chi connectivity index (χ1) is 11.1. The third kappa shape index (κ3) is 4.09. The van der Waals surface area contributed by atoms with Gasteiger partial charge >= 0.3 is 0 Å². The maximum absolute atomic E-state index is 12.8. The number of hydrogen-bond acceptors (Lipinski definition) is 4. The predicted octanol–water partition coefficient (Wildman–Crippen LogP) is 2.22. The van der Waals surface area contributed by atoms with Crippen LogP contribution in [0.5, 0.6) is 0 Å². The van der Waals surface area contributed by atoms with Crippen LogP contribution >= 0.6 is 0 Å². The Kier molecular flexibility index (Phi) is 5.99. The Morgan fingerprint density at radius 3 is 2.00 bits per heavy atom. The van der Waals surface area contributed by atoms with Crippen LogP contribution in [-0.4, -0.2) is 68.3 Å². The van der Waals surface area contributed by atoms with Gasteiger partial charge < -0.3 is 9.64 Å². The summed E-state index contributed by atoms with van der Waals surface area (Å²) in [4.78, 5) is 2.56. The van der Waals surface area contributed by atoms with E-state index in [9.17, 15) is 8.42 Å². The molecule has 134 valence electrons. The number of methoxy groups -OCH3 is 1. The topological polar surface area (TPSA) is 49.9 Å². The lowest BCUT2D eigenvalue weighted by atomic mass is 10.00. The van der Waals surface area contributed by atoms with Gasteiger partial charge in [0.25, 0.3) is 0 Å². The van der Waals surface area contributed by atoms with Crippen LogP contribution < -0.4 is 0 Å². The van der Waals surface area contributed by atoms with Crippen molar-refractivity contribution in [3.8, 4) is 0 Å². The van der Waals surface area contributed by atoms with E-state index in [-0.39, 0.29) is 5.25 Å². The van der Waals surface area contributed by atoms with Gasteiger partial charge in [0.2, 0.25) is 10.0 Å². The molecule has 6 heteroatoms. The number of sulfonamides is 1. The second-order valence-electron chi connectivity index (χ2n) is 7.41. The fourth-order valence-corrected chi connectivity index (χ4v) is 6.58. The second-order valence-corrected chi connectivity index (χ2v) is 9.62. The first-order valence-corrected chi connectivity index (χ1v) is 10.9. The zero-order valence-corrected chi connectivity index (χ0v) is 15.3. The highest BCUT2D eigenvalue weighted by Crippen LogP contribution is 2.29. The molecule has 0 N–H and O–H groups in total. The van der Waals surface area contributed by atoms with E-state index in [4.69, 9.17) is 4.74 Å². The lowest BCUT2D eigenvalue weighted by Crippen LogP contribution is -2.51. The van der Waals surface area contributed by atoms with Gasteiger partial charge in [-0.2, -0.15) is 0 Å². The highest BCUT2D eigenvalue weighted by molar-refractivity contribution is 7.89. The number of hydrogen-bond donors (Lipinski definition) is 0. The molecule has 0 aromatic heterocycles. The van der Waals surface area contributed by atoms with Crippen LogP contribution in [0.4, 0.5) is 0 Å². The summed E-state index contributed by atoms with van der Waals surface area (Å²) in [6.07, 6.45) is 9.70. The molecule has 5 nitrogen and oxygen atoms in total. The minimum atomic E-state index is -3.06. The van der Waals surface area contributed by atoms with Crippen molar-refractivity contribution in [3.63, 3.8) is 0 Å². The Bertz CT molecular complexity index is 460. The molecule has 0 unspecified atom stereocenters. The van der Waals surface area contributed by atoms with Crippen molar-refractivity contribution in [1.82, 2.24) is 9.21 Å². The fourth-order valence-electron chi connectivity index (χ4n) is 4.51. The Morgan fingerprint density at radius 2 is 1.43 bits per heavy atom. The molecule has 1 aliphatic carbocycles. The zero-order chi connectivity index (χ0) is 16.3. The van der Waals surface area contributed by atoms with E-state index >= 15 is 0 Å². The third-order valence-corrected chi connectivity index (χ3v) is 8.48. The van der Waals surface area contributed by atoms with Crippen LogP contribution in [0, 0.1) is 0 Å². The fraction of sp³-hybridized carbons (Fsp3) is 1.00. The Morgan fingerprint density at radius 1 is 0.826 bits per heavy atom. The Hall–Kier alpha value is -0.170. The van der Waals surface area contributed by atoms with Gasteiger partial charge in [-0.05, 0) is 38.5 Å². The minimum absolute atomic E-state index is 0.106. The van der Waals surface area contributed by atoms with Gasteiger partial charge in [0, 0.05) is 39.3 Å². The Labute approximate surface area is 141 Å². The van der Waals surface area contributed by atoms with E-state index in [1.165, 1.54) is 6.42 Å². The van der Waals surface area contributed by atoms with E-state index < -0.39 is 10.0 Å². The van der Waals surface area contributed by atoms with E-state index in [1.807, 2.05) is 0 Å². The summed E-state index contributed by atoms with van der Waals surface area (Å²) in [6, 6.07) is 0.561. The summed E-state index contributed by atoms with van der Waals surface area (Å²) in [6.45, 7) is 3.62. The monoisotopic (exact) mass is 344 g/mol. The molecule has 3 aliphatic rings. The smallest absolute Gasteiger partial charge is 0.216 e. The number of likely N-dealkylation sites (tertiary alicyclic amines) is 1. The molecule has 0 aromatic rings. The lowest BCUT2D eigenvalue weighted by molar-refractivity contribution is 0.0189. The number of ether oxygens (including phenoxy) is 1. The molecular formula is C17H32N2O3S. The van der Waals surface area contributed by atoms with Crippen molar-refractivity contribution in [1.29, 1.82) is 0 Å². The van der Waals surface area contributed by atoms with Gasteiger partial charge in [0.1, 0.15) is 0 Å². The molecule has 23 heavy (non-hydrogen) atoms. The van der Waals surface area contributed by atoms with Crippen molar-refractivity contribution in [2.45, 2.75) is 75.2 Å². The first kappa shape index (κ1) is 17.6. The van der Waals surface area contributed by atoms with Crippen molar-refractivity contribution in [2.75, 3.05) is 33.3 Å². The van der Waals surface area contributed by atoms with Crippen LogP contribution in [0.2, 0.25) is 0 Å². The standard InChI is InChI=1S/C17H32N2O3S/c1-22-16-9-11-18(12-10-16)15-7-13-19(14-8-15)23(20,21)17-5-3-2-4-6-17/h15-17H,2-14H2,1H3. The normalized spacial score (nSPS) is 28.2. The molecule has 0 amide bonds. The second kappa shape index (κ2) is 7.81. The van der Waals surface area contributed by atoms with Crippen molar-refractivity contribution < 1.29 is 13.2 Å². The first-order valence-electron chi connectivity index (χ1n) is 9.37. The largest absolute Gasteiger partial charge is 0.381 e. The summed E-state index contributed by atoms with van der Waals surface area (Å²) in [7, 11) is -1.26. The highest BCUT2D eigenvalue weighted by Gasteiger charge is 2.36. The molecule has 1 saturated carbocycles. The summed E-state index contributed by atoms with van der Waals surface area (Å²) in [5.74, 6) is 0. The zero-order valence-electron chi connectivity index (χ0n) is 14.5. The molecule has 3 rings (SSSR count). The van der Waals surface area contributed by atoms with Gasteiger partial charge in [-0.3, -0.25) is 0 Å². The maximum Gasteiger partial charge on any atom is 0.216 e. The van der Waals surface area contributed by atoms with Crippen LogP contribution in [0.25, 0.3) is 0 Å². The summed E-state index contributed by atoms with van der Waals surface area (Å²) in [5, 5.41) is -0.106. The van der Waals surface area contributed by atoms with Gasteiger partial charge in [0.15, 0.2) is 0 Å². The van der Waals surface area contributed by atoms with Gasteiger partial charge in [-0.25, -0.2) is 12.7 Å². The molecular weight excluding hydrogens is 312 g/mol. The number of nitrogens with zero attached hydrogens (tertiary/aromatic N) is 2. The SMILES string of the molecule is COC1CCN(C2CCN(S(=O)(=O)C3CCCCC3)CC2)CC1. The highest BCUT2D eigenvalue weighted by atomic mass is 32.2. The molecule has 0 bridgehead atoms. The quantitative estimate of drug-likeness (QED) is 0.785. The number of piperidine rings is 2. The van der Waals surface area contributed by atoms with E-state index in [0.29, 0.717) is 25.2 Å². The Balaban J connectivity index is 1.50. The molecule has 0 atom stereocenters. The predicted molar refractivity (Wildman–Crippen MR) is 92.0 cm³/mol.